The van der Waals surface area contributed by atoms with Crippen molar-refractivity contribution in [3.63, 3.8) is 0 Å². The van der Waals surface area contributed by atoms with Crippen LogP contribution in [0.2, 0.25) is 0 Å². The Kier molecular flexibility index (Phi) is 4.24. The van der Waals surface area contributed by atoms with Crippen molar-refractivity contribution in [3.8, 4) is 6.07 Å². The minimum atomic E-state index is -1.03. The van der Waals surface area contributed by atoms with Gasteiger partial charge >= 0.3 is 5.97 Å². The molecule has 5 nitrogen and oxygen atoms in total. The molecular weight excluding hydrogens is 286 g/mol. The van der Waals surface area contributed by atoms with E-state index in [1.165, 1.54) is 0 Å². The molecule has 0 aromatic carbocycles. The van der Waals surface area contributed by atoms with Crippen molar-refractivity contribution in [2.24, 2.45) is 0 Å². The first-order valence-corrected chi connectivity index (χ1v) is 7.01. The van der Waals surface area contributed by atoms with Crippen LogP contribution < -0.4 is 0 Å². The normalized spacial score (nSPS) is 10.2. The number of aryl methyl sites for hydroxylation is 3. The van der Waals surface area contributed by atoms with Gasteiger partial charge in [-0.25, -0.2) is 14.8 Å². The van der Waals surface area contributed by atoms with Crippen LogP contribution in [0.5, 0.6) is 0 Å². The predicted octanol–water partition coefficient (Wildman–Crippen LogP) is 3.12. The molecule has 1 N–H and O–H groups in total. The molecule has 2 aromatic rings. The van der Waals surface area contributed by atoms with E-state index in [0.29, 0.717) is 21.2 Å². The standard InChI is InChI=1S/C15H13N3O2S/c1-8-6-10(3)18-14(12(8)15(19)20)21-13-11(7-16)5-4-9(2)17-13/h4-6H,1-3H3,(H,19,20). The maximum absolute atomic E-state index is 11.4. The minimum Gasteiger partial charge on any atom is -0.478 e. The van der Waals surface area contributed by atoms with Crippen LogP contribution in [-0.4, -0.2) is 21.0 Å². The van der Waals surface area contributed by atoms with Gasteiger partial charge in [-0.15, -0.1) is 0 Å². The Morgan fingerprint density at radius 3 is 2.48 bits per heavy atom. The van der Waals surface area contributed by atoms with Crippen molar-refractivity contribution >= 4 is 17.7 Å². The van der Waals surface area contributed by atoms with Crippen molar-refractivity contribution in [1.29, 1.82) is 5.26 Å². The third-order valence-corrected chi connectivity index (χ3v) is 3.83. The molecule has 0 unspecified atom stereocenters. The molecule has 0 fully saturated rings. The van der Waals surface area contributed by atoms with Gasteiger partial charge in [-0.1, -0.05) is 0 Å². The lowest BCUT2D eigenvalue weighted by molar-refractivity contribution is 0.0691. The quantitative estimate of drug-likeness (QED) is 0.937. The molecule has 0 aliphatic carbocycles. The number of aromatic nitrogens is 2. The van der Waals surface area contributed by atoms with Crippen LogP contribution >= 0.6 is 11.8 Å². The van der Waals surface area contributed by atoms with Crippen LogP contribution in [0.25, 0.3) is 0 Å². The van der Waals surface area contributed by atoms with E-state index in [2.05, 4.69) is 16.0 Å². The van der Waals surface area contributed by atoms with Gasteiger partial charge in [0.2, 0.25) is 0 Å². The molecule has 0 atom stereocenters. The third kappa shape index (κ3) is 3.20. The molecule has 0 amide bonds. The predicted molar refractivity (Wildman–Crippen MR) is 78.5 cm³/mol. The van der Waals surface area contributed by atoms with Gasteiger partial charge in [0, 0.05) is 11.4 Å². The van der Waals surface area contributed by atoms with Gasteiger partial charge in [-0.2, -0.15) is 5.26 Å². The van der Waals surface area contributed by atoms with E-state index >= 15 is 0 Å². The van der Waals surface area contributed by atoms with Gasteiger partial charge in [0.05, 0.1) is 11.1 Å². The number of rotatable bonds is 3. The van der Waals surface area contributed by atoms with Gasteiger partial charge in [0.25, 0.3) is 0 Å². The van der Waals surface area contributed by atoms with E-state index in [9.17, 15) is 9.90 Å². The molecule has 2 rings (SSSR count). The highest BCUT2D eigenvalue weighted by atomic mass is 32.2. The Balaban J connectivity index is 2.57. The molecule has 2 aromatic heterocycles. The fourth-order valence-corrected chi connectivity index (χ4v) is 3.06. The molecule has 0 saturated carbocycles. The topological polar surface area (TPSA) is 86.9 Å². The summed E-state index contributed by atoms with van der Waals surface area (Å²) in [7, 11) is 0. The highest BCUT2D eigenvalue weighted by Gasteiger charge is 2.18. The molecule has 0 spiro atoms. The van der Waals surface area contributed by atoms with E-state index in [1.807, 2.05) is 6.92 Å². The molecule has 106 valence electrons. The summed E-state index contributed by atoms with van der Waals surface area (Å²) < 4.78 is 0. The zero-order valence-corrected chi connectivity index (χ0v) is 12.7. The monoisotopic (exact) mass is 299 g/mol. The van der Waals surface area contributed by atoms with Crippen LogP contribution in [0.4, 0.5) is 0 Å². The molecular formula is C15H13N3O2S. The van der Waals surface area contributed by atoms with Crippen molar-refractivity contribution < 1.29 is 9.90 Å². The van der Waals surface area contributed by atoms with Crippen LogP contribution in [0, 0.1) is 32.1 Å². The Morgan fingerprint density at radius 2 is 1.86 bits per heavy atom. The van der Waals surface area contributed by atoms with Crippen LogP contribution in [0.3, 0.4) is 0 Å². The Bertz CT molecular complexity index is 766. The van der Waals surface area contributed by atoms with Gasteiger partial charge in [-0.05, 0) is 56.3 Å². The van der Waals surface area contributed by atoms with Crippen molar-refractivity contribution in [1.82, 2.24) is 9.97 Å². The lowest BCUT2D eigenvalue weighted by Crippen LogP contribution is -2.05. The van der Waals surface area contributed by atoms with Crippen LogP contribution in [-0.2, 0) is 0 Å². The zero-order chi connectivity index (χ0) is 15.6. The van der Waals surface area contributed by atoms with Crippen LogP contribution in [0.1, 0.15) is 32.9 Å². The average Bonchev–Trinajstić information content (AvgIpc) is 2.37. The summed E-state index contributed by atoms with van der Waals surface area (Å²) in [5.41, 5.74) is 2.69. The third-order valence-electron chi connectivity index (χ3n) is 2.84. The number of nitriles is 1. The van der Waals surface area contributed by atoms with Crippen molar-refractivity contribution in [3.05, 3.63) is 46.3 Å². The van der Waals surface area contributed by atoms with Gasteiger partial charge in [-0.3, -0.25) is 0 Å². The molecule has 0 saturated heterocycles. The van der Waals surface area contributed by atoms with Crippen molar-refractivity contribution in [2.75, 3.05) is 0 Å². The Morgan fingerprint density at radius 1 is 1.19 bits per heavy atom. The van der Waals surface area contributed by atoms with Gasteiger partial charge < -0.3 is 5.11 Å². The fraction of sp³-hybridized carbons (Fsp3) is 0.200. The smallest absolute Gasteiger partial charge is 0.338 e. The largest absolute Gasteiger partial charge is 0.478 e. The number of carbonyl (C=O) groups is 1. The molecule has 6 heteroatoms. The van der Waals surface area contributed by atoms with E-state index in [-0.39, 0.29) is 5.56 Å². The number of carboxylic acids is 1. The summed E-state index contributed by atoms with van der Waals surface area (Å²) >= 11 is 1.11. The second kappa shape index (κ2) is 5.94. The molecule has 0 aliphatic heterocycles. The highest BCUT2D eigenvalue weighted by molar-refractivity contribution is 7.99. The molecule has 0 bridgehead atoms. The number of pyridine rings is 2. The van der Waals surface area contributed by atoms with Crippen molar-refractivity contribution in [2.45, 2.75) is 30.8 Å². The molecule has 0 radical (unpaired) electrons. The average molecular weight is 299 g/mol. The summed E-state index contributed by atoms with van der Waals surface area (Å²) in [4.78, 5) is 20.0. The first kappa shape index (κ1) is 15.0. The Labute approximate surface area is 126 Å². The lowest BCUT2D eigenvalue weighted by atomic mass is 10.1. The molecule has 0 aliphatic rings. The minimum absolute atomic E-state index is 0.151. The Hall–Kier alpha value is -2.39. The number of nitrogens with zero attached hydrogens (tertiary/aromatic N) is 3. The van der Waals surface area contributed by atoms with E-state index in [1.54, 1.807) is 32.0 Å². The number of aromatic carboxylic acids is 1. The second-order valence-electron chi connectivity index (χ2n) is 4.59. The number of carboxylic acid groups (broad SMARTS) is 1. The SMILES string of the molecule is Cc1ccc(C#N)c(Sc2nc(C)cc(C)c2C(=O)O)n1. The van der Waals surface area contributed by atoms with Gasteiger partial charge in [0.1, 0.15) is 16.1 Å². The summed E-state index contributed by atoms with van der Waals surface area (Å²) in [6.07, 6.45) is 0. The maximum atomic E-state index is 11.4. The zero-order valence-electron chi connectivity index (χ0n) is 11.8. The summed E-state index contributed by atoms with van der Waals surface area (Å²) in [6, 6.07) is 7.21. The van der Waals surface area contributed by atoms with E-state index < -0.39 is 5.97 Å². The van der Waals surface area contributed by atoms with Gasteiger partial charge in [0.15, 0.2) is 0 Å². The van der Waals surface area contributed by atoms with E-state index in [4.69, 9.17) is 5.26 Å². The summed E-state index contributed by atoms with van der Waals surface area (Å²) in [6.45, 7) is 5.35. The molecule has 21 heavy (non-hydrogen) atoms. The first-order chi connectivity index (χ1) is 9.92. The summed E-state index contributed by atoms with van der Waals surface area (Å²) in [5, 5.41) is 19.3. The first-order valence-electron chi connectivity index (χ1n) is 6.19. The highest BCUT2D eigenvalue weighted by Crippen LogP contribution is 2.31. The fourth-order valence-electron chi connectivity index (χ4n) is 1.92. The lowest BCUT2D eigenvalue weighted by Gasteiger charge is -2.10. The number of hydrogen-bond acceptors (Lipinski definition) is 5. The summed E-state index contributed by atoms with van der Waals surface area (Å²) in [5.74, 6) is -1.03. The number of hydrogen-bond donors (Lipinski definition) is 1. The van der Waals surface area contributed by atoms with E-state index in [0.717, 1.165) is 23.1 Å². The maximum Gasteiger partial charge on any atom is 0.338 e. The molecule has 2 heterocycles. The second-order valence-corrected chi connectivity index (χ2v) is 5.56. The van der Waals surface area contributed by atoms with Crippen LogP contribution in [0.15, 0.2) is 28.3 Å².